The highest BCUT2D eigenvalue weighted by atomic mass is 35.5. The van der Waals surface area contributed by atoms with E-state index in [1.807, 2.05) is 32.0 Å². The van der Waals surface area contributed by atoms with Crippen molar-refractivity contribution < 1.29 is 9.63 Å². The quantitative estimate of drug-likeness (QED) is 0.805. The molecule has 0 heterocycles. The van der Waals surface area contributed by atoms with Crippen molar-refractivity contribution in [3.05, 3.63) is 34.9 Å². The van der Waals surface area contributed by atoms with Crippen molar-refractivity contribution in [1.29, 1.82) is 0 Å². The lowest BCUT2D eigenvalue weighted by Gasteiger charge is -2.08. The van der Waals surface area contributed by atoms with Gasteiger partial charge in [-0.1, -0.05) is 43.6 Å². The van der Waals surface area contributed by atoms with E-state index in [0.29, 0.717) is 17.5 Å². The summed E-state index contributed by atoms with van der Waals surface area (Å²) in [5, 5.41) is 0.599. The van der Waals surface area contributed by atoms with Crippen LogP contribution in [0.4, 0.5) is 0 Å². The number of nitrogens with one attached hydrogen (secondary N) is 1. The van der Waals surface area contributed by atoms with E-state index in [1.165, 1.54) is 0 Å². The molecule has 1 amide bonds. The second-order valence-electron chi connectivity index (χ2n) is 4.00. The molecule has 0 aliphatic heterocycles. The Morgan fingerprint density at radius 2 is 2.12 bits per heavy atom. The van der Waals surface area contributed by atoms with E-state index in [-0.39, 0.29) is 12.3 Å². The topological polar surface area (TPSA) is 38.3 Å². The Morgan fingerprint density at radius 3 is 2.75 bits per heavy atom. The van der Waals surface area contributed by atoms with Crippen molar-refractivity contribution in [2.75, 3.05) is 6.61 Å². The lowest BCUT2D eigenvalue weighted by Crippen LogP contribution is -2.27. The molecule has 88 valence electrons. The van der Waals surface area contributed by atoms with Crippen LogP contribution in [0.1, 0.15) is 19.4 Å². The largest absolute Gasteiger partial charge is 0.273 e. The molecular formula is C12H16ClNO2. The van der Waals surface area contributed by atoms with Crippen molar-refractivity contribution in [2.24, 2.45) is 5.92 Å². The zero-order valence-electron chi connectivity index (χ0n) is 9.50. The summed E-state index contributed by atoms with van der Waals surface area (Å²) in [4.78, 5) is 16.5. The molecule has 3 nitrogen and oxygen atoms in total. The zero-order chi connectivity index (χ0) is 12.0. The normalized spacial score (nSPS) is 10.5. The second-order valence-corrected chi connectivity index (χ2v) is 4.41. The van der Waals surface area contributed by atoms with Crippen LogP contribution in [0.2, 0.25) is 5.02 Å². The number of rotatable bonds is 5. The van der Waals surface area contributed by atoms with Crippen molar-refractivity contribution in [1.82, 2.24) is 5.48 Å². The summed E-state index contributed by atoms with van der Waals surface area (Å²) in [7, 11) is 0. The minimum atomic E-state index is -0.186. The predicted molar refractivity (Wildman–Crippen MR) is 64.1 cm³/mol. The van der Waals surface area contributed by atoms with Gasteiger partial charge < -0.3 is 0 Å². The molecule has 0 atom stereocenters. The first kappa shape index (κ1) is 13.0. The molecule has 0 aliphatic rings. The molecule has 1 N–H and O–H groups in total. The maximum atomic E-state index is 11.5. The van der Waals surface area contributed by atoms with Crippen molar-refractivity contribution in [2.45, 2.75) is 20.3 Å². The number of carbonyl (C=O) groups excluding carboxylic acids is 1. The summed E-state index contributed by atoms with van der Waals surface area (Å²) in [6.45, 7) is 4.54. The fourth-order valence-electron chi connectivity index (χ4n) is 1.14. The van der Waals surface area contributed by atoms with Gasteiger partial charge in [-0.2, -0.15) is 0 Å². The van der Waals surface area contributed by atoms with Gasteiger partial charge in [-0.25, -0.2) is 5.48 Å². The molecule has 0 fully saturated rings. The molecule has 0 bridgehead atoms. The highest BCUT2D eigenvalue weighted by Crippen LogP contribution is 2.15. The summed E-state index contributed by atoms with van der Waals surface area (Å²) in [6, 6.07) is 7.27. The average molecular weight is 242 g/mol. The first-order valence-corrected chi connectivity index (χ1v) is 5.61. The van der Waals surface area contributed by atoms with Gasteiger partial charge in [0.15, 0.2) is 0 Å². The summed E-state index contributed by atoms with van der Waals surface area (Å²) >= 11 is 5.93. The van der Waals surface area contributed by atoms with Gasteiger partial charge in [0.05, 0.1) is 13.0 Å². The number of amides is 1. The predicted octanol–water partition coefficient (Wildman–Crippen LogP) is 2.59. The number of halogens is 1. The van der Waals surface area contributed by atoms with E-state index < -0.39 is 0 Å². The molecule has 1 rings (SSSR count). The maximum absolute atomic E-state index is 11.5. The Bertz CT molecular complexity index is 353. The average Bonchev–Trinajstić information content (AvgIpc) is 2.21. The van der Waals surface area contributed by atoms with Crippen molar-refractivity contribution in [3.8, 4) is 0 Å². The SMILES string of the molecule is CC(C)CONC(=O)Cc1ccccc1Cl. The molecule has 0 aliphatic carbocycles. The van der Waals surface area contributed by atoms with Crippen LogP contribution in [0.3, 0.4) is 0 Å². The zero-order valence-corrected chi connectivity index (χ0v) is 10.3. The van der Waals surface area contributed by atoms with Crippen LogP contribution >= 0.6 is 11.6 Å². The minimum absolute atomic E-state index is 0.186. The van der Waals surface area contributed by atoms with Crippen LogP contribution in [0.25, 0.3) is 0 Å². The van der Waals surface area contributed by atoms with Gasteiger partial charge in [0.1, 0.15) is 0 Å². The molecule has 1 aromatic carbocycles. The van der Waals surface area contributed by atoms with E-state index in [4.69, 9.17) is 16.4 Å². The summed E-state index contributed by atoms with van der Waals surface area (Å²) in [5.41, 5.74) is 3.19. The second kappa shape index (κ2) is 6.51. The first-order valence-electron chi connectivity index (χ1n) is 5.23. The highest BCUT2D eigenvalue weighted by Gasteiger charge is 2.06. The molecule has 1 aromatic rings. The molecule has 0 spiro atoms. The van der Waals surface area contributed by atoms with E-state index >= 15 is 0 Å². The van der Waals surface area contributed by atoms with Gasteiger partial charge in [-0.15, -0.1) is 0 Å². The van der Waals surface area contributed by atoms with Gasteiger partial charge in [0, 0.05) is 5.02 Å². The summed E-state index contributed by atoms with van der Waals surface area (Å²) in [6.07, 6.45) is 0.234. The van der Waals surface area contributed by atoms with E-state index in [9.17, 15) is 4.79 Å². The van der Waals surface area contributed by atoms with Crippen LogP contribution in [0.5, 0.6) is 0 Å². The van der Waals surface area contributed by atoms with Crippen LogP contribution in [0.15, 0.2) is 24.3 Å². The molecule has 0 radical (unpaired) electrons. The maximum Gasteiger partial charge on any atom is 0.248 e. The van der Waals surface area contributed by atoms with Gasteiger partial charge in [0.25, 0.3) is 0 Å². The smallest absolute Gasteiger partial charge is 0.248 e. The molecule has 4 heteroatoms. The standard InChI is InChI=1S/C12H16ClNO2/c1-9(2)8-16-14-12(15)7-10-5-3-4-6-11(10)13/h3-6,9H,7-8H2,1-2H3,(H,14,15). The molecule has 0 saturated carbocycles. The molecule has 0 saturated heterocycles. The third-order valence-electron chi connectivity index (χ3n) is 1.91. The Balaban J connectivity index is 2.37. The highest BCUT2D eigenvalue weighted by molar-refractivity contribution is 6.31. The summed E-state index contributed by atoms with van der Waals surface area (Å²) in [5.74, 6) is 0.203. The minimum Gasteiger partial charge on any atom is -0.273 e. The fourth-order valence-corrected chi connectivity index (χ4v) is 1.34. The third kappa shape index (κ3) is 4.64. The van der Waals surface area contributed by atoms with Gasteiger partial charge in [0.2, 0.25) is 5.91 Å². The fraction of sp³-hybridized carbons (Fsp3) is 0.417. The molecule has 0 aromatic heterocycles. The number of hydrogen-bond donors (Lipinski definition) is 1. The third-order valence-corrected chi connectivity index (χ3v) is 2.28. The Labute approximate surface area is 101 Å². The lowest BCUT2D eigenvalue weighted by molar-refractivity contribution is -0.133. The number of hydroxylamine groups is 1. The number of benzene rings is 1. The molecule has 0 unspecified atom stereocenters. The molecule has 16 heavy (non-hydrogen) atoms. The van der Waals surface area contributed by atoms with Gasteiger partial charge >= 0.3 is 0 Å². The van der Waals surface area contributed by atoms with E-state index in [1.54, 1.807) is 6.07 Å². The first-order chi connectivity index (χ1) is 7.59. The summed E-state index contributed by atoms with van der Waals surface area (Å²) < 4.78 is 0. The number of carbonyl (C=O) groups is 1. The van der Waals surface area contributed by atoms with Crippen LogP contribution in [0, 0.1) is 5.92 Å². The van der Waals surface area contributed by atoms with Gasteiger partial charge in [-0.05, 0) is 17.5 Å². The van der Waals surface area contributed by atoms with Crippen LogP contribution in [-0.4, -0.2) is 12.5 Å². The number of hydrogen-bond acceptors (Lipinski definition) is 2. The van der Waals surface area contributed by atoms with Crippen LogP contribution in [-0.2, 0) is 16.1 Å². The Morgan fingerprint density at radius 1 is 1.44 bits per heavy atom. The van der Waals surface area contributed by atoms with Crippen molar-refractivity contribution >= 4 is 17.5 Å². The van der Waals surface area contributed by atoms with Crippen LogP contribution < -0.4 is 5.48 Å². The van der Waals surface area contributed by atoms with E-state index in [2.05, 4.69) is 5.48 Å². The monoisotopic (exact) mass is 241 g/mol. The lowest BCUT2D eigenvalue weighted by atomic mass is 10.1. The molecular weight excluding hydrogens is 226 g/mol. The van der Waals surface area contributed by atoms with E-state index in [0.717, 1.165) is 5.56 Å². The Hall–Kier alpha value is -1.06. The van der Waals surface area contributed by atoms with Gasteiger partial charge in [-0.3, -0.25) is 9.63 Å². The Kier molecular flexibility index (Phi) is 5.29. The van der Waals surface area contributed by atoms with Crippen molar-refractivity contribution in [3.63, 3.8) is 0 Å².